The van der Waals surface area contributed by atoms with Gasteiger partial charge in [0.15, 0.2) is 6.17 Å². The van der Waals surface area contributed by atoms with Gasteiger partial charge in [0, 0.05) is 46.3 Å². The van der Waals surface area contributed by atoms with Crippen molar-refractivity contribution in [3.8, 4) is 0 Å². The third-order valence-corrected chi connectivity index (χ3v) is 15.8. The van der Waals surface area contributed by atoms with E-state index in [0.29, 0.717) is 23.9 Å². The maximum absolute atomic E-state index is 5.20. The van der Waals surface area contributed by atoms with Crippen LogP contribution in [-0.4, -0.2) is 34.7 Å². The number of benzene rings is 3. The van der Waals surface area contributed by atoms with Crippen LogP contribution in [0.1, 0.15) is 85.2 Å². The number of hydrogen-bond acceptors (Lipinski definition) is 5. The summed E-state index contributed by atoms with van der Waals surface area (Å²) in [6, 6.07) is 29.7. The van der Waals surface area contributed by atoms with Crippen molar-refractivity contribution in [1.29, 1.82) is 0 Å². The van der Waals surface area contributed by atoms with Crippen molar-refractivity contribution in [2.24, 2.45) is 21.8 Å². The predicted molar refractivity (Wildman–Crippen MR) is 280 cm³/mol. The second kappa shape index (κ2) is 17.4. The summed E-state index contributed by atoms with van der Waals surface area (Å²) in [7, 11) is 0. The highest BCUT2D eigenvalue weighted by Crippen LogP contribution is 2.51. The number of fused-ring (bicyclic) bond motifs is 6. The predicted octanol–water partition coefficient (Wildman–Crippen LogP) is 13.6. The van der Waals surface area contributed by atoms with Crippen LogP contribution in [0.3, 0.4) is 0 Å². The fourth-order valence-electron chi connectivity index (χ4n) is 12.5. The van der Waals surface area contributed by atoms with Gasteiger partial charge < -0.3 is 15.1 Å². The molecule has 0 amide bonds. The Kier molecular flexibility index (Phi) is 10.5. The van der Waals surface area contributed by atoms with Gasteiger partial charge in [0.1, 0.15) is 11.7 Å². The molecule has 0 bridgehead atoms. The van der Waals surface area contributed by atoms with E-state index >= 15 is 0 Å². The first-order chi connectivity index (χ1) is 33.7. The van der Waals surface area contributed by atoms with E-state index in [1.165, 1.54) is 50.5 Å². The normalized spacial score (nSPS) is 29.5. The number of allylic oxidation sites excluding steroid dienone is 21. The van der Waals surface area contributed by atoms with Crippen LogP contribution in [0.5, 0.6) is 0 Å². The van der Waals surface area contributed by atoms with Crippen LogP contribution in [0.4, 0.5) is 5.69 Å². The lowest BCUT2D eigenvalue weighted by Gasteiger charge is -2.35. The van der Waals surface area contributed by atoms with Gasteiger partial charge in [0.05, 0.1) is 18.1 Å². The molecule has 68 heavy (non-hydrogen) atoms. The van der Waals surface area contributed by atoms with Gasteiger partial charge in [0.25, 0.3) is 0 Å². The van der Waals surface area contributed by atoms with Gasteiger partial charge in [0.2, 0.25) is 0 Å². The van der Waals surface area contributed by atoms with Gasteiger partial charge in [-0.1, -0.05) is 182 Å². The number of nitrogens with zero attached hydrogens (tertiary/aromatic N) is 4. The molecule has 1 saturated heterocycles. The highest BCUT2D eigenvalue weighted by molar-refractivity contribution is 6.11. The molecule has 1 N–H and O–H groups in total. The number of para-hydroxylation sites is 1. The lowest BCUT2D eigenvalue weighted by atomic mass is 9.81. The Morgan fingerprint density at radius 1 is 0.603 bits per heavy atom. The van der Waals surface area contributed by atoms with Crippen LogP contribution in [0.2, 0.25) is 0 Å². The van der Waals surface area contributed by atoms with Crippen molar-refractivity contribution < 1.29 is 0 Å². The molecule has 10 aliphatic rings. The average Bonchev–Trinajstić information content (AvgIpc) is 3.94. The van der Waals surface area contributed by atoms with E-state index in [1.807, 2.05) is 0 Å². The number of amidine groups is 2. The second-order valence-corrected chi connectivity index (χ2v) is 19.7. The van der Waals surface area contributed by atoms with Gasteiger partial charge in [-0.2, -0.15) is 0 Å². The van der Waals surface area contributed by atoms with Crippen LogP contribution in [0, 0.1) is 11.8 Å². The Labute approximate surface area is 401 Å². The molecule has 0 spiro atoms. The summed E-state index contributed by atoms with van der Waals surface area (Å²) in [5, 5.41) is 3.68. The molecule has 5 heteroatoms. The third kappa shape index (κ3) is 7.40. The Balaban J connectivity index is 0.741. The van der Waals surface area contributed by atoms with Crippen LogP contribution in [0.15, 0.2) is 256 Å². The minimum absolute atomic E-state index is 0.200. The molecule has 3 aromatic rings. The summed E-state index contributed by atoms with van der Waals surface area (Å²) in [5.41, 5.74) is 16.3. The first-order valence-corrected chi connectivity index (χ1v) is 25.1. The number of nitrogens with one attached hydrogen (secondary N) is 1. The molecule has 8 unspecified atom stereocenters. The Morgan fingerprint density at radius 3 is 2.38 bits per heavy atom. The van der Waals surface area contributed by atoms with Gasteiger partial charge in [-0.3, -0.25) is 0 Å². The quantitative estimate of drug-likeness (QED) is 0.245. The smallest absolute Gasteiger partial charge is 0.169 e. The van der Waals surface area contributed by atoms with Gasteiger partial charge in [-0.05, 0) is 114 Å². The molecule has 3 aliphatic heterocycles. The van der Waals surface area contributed by atoms with Crippen LogP contribution < -0.4 is 10.2 Å². The van der Waals surface area contributed by atoms with Crippen LogP contribution in [-0.2, 0) is 0 Å². The molecule has 0 saturated carbocycles. The fraction of sp³-hybridized carbons (Fsp3) is 0.238. The molecule has 1 fully saturated rings. The molecule has 8 atom stereocenters. The van der Waals surface area contributed by atoms with E-state index in [0.717, 1.165) is 67.7 Å². The van der Waals surface area contributed by atoms with Crippen molar-refractivity contribution in [2.45, 2.75) is 81.1 Å². The largest absolute Gasteiger partial charge is 0.360 e. The monoisotopic (exact) mass is 883 g/mol. The van der Waals surface area contributed by atoms with Gasteiger partial charge in [-0.25, -0.2) is 9.98 Å². The van der Waals surface area contributed by atoms with Gasteiger partial charge >= 0.3 is 0 Å². The zero-order chi connectivity index (χ0) is 45.0. The van der Waals surface area contributed by atoms with Crippen molar-refractivity contribution >= 4 is 17.4 Å². The Bertz CT molecular complexity index is 3070. The van der Waals surface area contributed by atoms with Crippen LogP contribution in [0.25, 0.3) is 0 Å². The first-order valence-electron chi connectivity index (χ1n) is 25.1. The van der Waals surface area contributed by atoms with E-state index in [4.69, 9.17) is 9.98 Å². The highest BCUT2D eigenvalue weighted by atomic mass is 15.2. The molecular formula is C63H57N5. The van der Waals surface area contributed by atoms with Crippen molar-refractivity contribution in [3.63, 3.8) is 0 Å². The van der Waals surface area contributed by atoms with Crippen molar-refractivity contribution in [1.82, 2.24) is 10.2 Å². The topological polar surface area (TPSA) is 43.2 Å². The first kappa shape index (κ1) is 41.0. The summed E-state index contributed by atoms with van der Waals surface area (Å²) in [6.07, 6.45) is 56.6. The molecule has 3 aromatic carbocycles. The lowest BCUT2D eigenvalue weighted by Crippen LogP contribution is -2.39. The number of rotatable bonds is 8. The Hall–Kier alpha value is -7.24. The number of aliphatic imine (C=N–C) groups is 2. The summed E-state index contributed by atoms with van der Waals surface area (Å²) >= 11 is 0. The number of likely N-dealkylation sites (tertiary alicyclic amines) is 1. The molecule has 334 valence electrons. The summed E-state index contributed by atoms with van der Waals surface area (Å²) < 4.78 is 0. The molecule has 0 radical (unpaired) electrons. The van der Waals surface area contributed by atoms with Crippen LogP contribution >= 0.6 is 0 Å². The maximum Gasteiger partial charge on any atom is 0.169 e. The molecule has 13 rings (SSSR count). The van der Waals surface area contributed by atoms with E-state index in [1.54, 1.807) is 5.57 Å². The van der Waals surface area contributed by atoms with Crippen molar-refractivity contribution in [2.75, 3.05) is 4.90 Å². The summed E-state index contributed by atoms with van der Waals surface area (Å²) in [5.74, 6) is 3.03. The number of hydrogen-bond donors (Lipinski definition) is 1. The Morgan fingerprint density at radius 2 is 1.47 bits per heavy atom. The summed E-state index contributed by atoms with van der Waals surface area (Å²) in [4.78, 5) is 15.7. The molecular weight excluding hydrogens is 827 g/mol. The van der Waals surface area contributed by atoms with Crippen molar-refractivity contribution in [3.05, 3.63) is 268 Å². The third-order valence-electron chi connectivity index (χ3n) is 15.8. The molecule has 0 aromatic heterocycles. The zero-order valence-corrected chi connectivity index (χ0v) is 38.5. The zero-order valence-electron chi connectivity index (χ0n) is 38.5. The highest BCUT2D eigenvalue weighted by Gasteiger charge is 2.45. The minimum Gasteiger partial charge on any atom is -0.360 e. The van der Waals surface area contributed by atoms with E-state index in [-0.39, 0.29) is 24.0 Å². The lowest BCUT2D eigenvalue weighted by molar-refractivity contribution is 0.271. The standard InChI is InChI=1S/C63H57N5/c1-4-17-42(18-5-1)61-64-62(43-19-6-2-7-20-43)66-63(65-61)50-25-15-23-46(38-50)44-21-14-22-45(37-44)47-24-16-28-52(39-47)68-58-32-13-11-30-54(58)56-41-49(34-36-60(56)68)48-33-35-59-55(40-48)53-29-10-12-31-57(53)67(59)51-26-8-3-9-27-51/h1-8,10-15,17-19,21-26,29-34,36,38-41,43-44,53,56-57,59-61H,9,16,20,27-28,35,37H2,(H,64,65,66). The maximum atomic E-state index is 5.20. The van der Waals surface area contributed by atoms with Gasteiger partial charge in [-0.15, -0.1) is 0 Å². The molecule has 7 aliphatic carbocycles. The van der Waals surface area contributed by atoms with E-state index < -0.39 is 0 Å². The average molecular weight is 884 g/mol. The SMILES string of the molecule is C1=CCCC(N2C3CC=C(C4=CC5c6ccccc6N(C6=CC(C7=CC=CC(c8cccc(C9=NC(c%10ccccc%10)N=C(C%10C=CC=CC%10)N9)c8)C7)=CCC6)C5C=C4)C=C3C3C=CC=CC32)=C1. The molecule has 5 nitrogen and oxygen atoms in total. The summed E-state index contributed by atoms with van der Waals surface area (Å²) in [6.45, 7) is 0. The van der Waals surface area contributed by atoms with E-state index in [9.17, 15) is 0 Å². The fourth-order valence-corrected chi connectivity index (χ4v) is 12.5. The molecule has 3 heterocycles. The van der Waals surface area contributed by atoms with E-state index in [2.05, 4.69) is 222 Å². The number of anilines is 1. The second-order valence-electron chi connectivity index (χ2n) is 19.7. The minimum atomic E-state index is -0.283.